The zero-order chi connectivity index (χ0) is 16.8. The fourth-order valence-corrected chi connectivity index (χ4v) is 4.76. The highest BCUT2D eigenvalue weighted by molar-refractivity contribution is 5.94. The molecule has 5 heteroatoms. The van der Waals surface area contributed by atoms with Gasteiger partial charge in [-0.3, -0.25) is 9.89 Å². The molecule has 2 aliphatic heterocycles. The molecule has 3 heterocycles. The first-order chi connectivity index (χ1) is 12.3. The molecule has 1 saturated heterocycles. The van der Waals surface area contributed by atoms with Crippen LogP contribution in [0.4, 0.5) is 5.69 Å². The lowest BCUT2D eigenvalue weighted by Crippen LogP contribution is -2.41. The number of aromatic nitrogens is 2. The van der Waals surface area contributed by atoms with Crippen molar-refractivity contribution in [3.8, 4) is 0 Å². The Hall–Kier alpha value is -2.30. The van der Waals surface area contributed by atoms with Crippen molar-refractivity contribution in [2.24, 2.45) is 0 Å². The number of hydrogen-bond acceptors (Lipinski definition) is 3. The average molecular weight is 336 g/mol. The number of H-pyrrole nitrogens is 1. The van der Waals surface area contributed by atoms with Crippen LogP contribution in [-0.4, -0.2) is 46.7 Å². The number of hydrogen-bond donors (Lipinski definition) is 1. The summed E-state index contributed by atoms with van der Waals surface area (Å²) in [6.45, 7) is 2.66. The van der Waals surface area contributed by atoms with Gasteiger partial charge in [0.15, 0.2) is 5.69 Å². The topological polar surface area (TPSA) is 52.2 Å². The Bertz CT molecular complexity index is 812. The van der Waals surface area contributed by atoms with Crippen molar-refractivity contribution in [2.75, 3.05) is 24.5 Å². The van der Waals surface area contributed by atoms with Crippen LogP contribution in [0.3, 0.4) is 0 Å². The lowest BCUT2D eigenvalue weighted by molar-refractivity contribution is 0.0748. The highest BCUT2D eigenvalue weighted by atomic mass is 16.2. The Morgan fingerprint density at radius 2 is 2.00 bits per heavy atom. The van der Waals surface area contributed by atoms with Crippen LogP contribution in [0.5, 0.6) is 0 Å². The quantitative estimate of drug-likeness (QED) is 0.871. The van der Waals surface area contributed by atoms with Gasteiger partial charge in [0.05, 0.1) is 6.04 Å². The van der Waals surface area contributed by atoms with Gasteiger partial charge < -0.3 is 9.80 Å². The van der Waals surface area contributed by atoms with Gasteiger partial charge in [-0.15, -0.1) is 0 Å². The third-order valence-electron chi connectivity index (χ3n) is 6.00. The molecular formula is C20H24N4O. The van der Waals surface area contributed by atoms with E-state index in [1.165, 1.54) is 35.3 Å². The second kappa shape index (κ2) is 5.90. The molecule has 0 bridgehead atoms. The normalized spacial score (nSPS) is 22.2. The number of carbonyl (C=O) groups is 1. The zero-order valence-electron chi connectivity index (χ0n) is 14.5. The van der Waals surface area contributed by atoms with Crippen molar-refractivity contribution < 1.29 is 4.79 Å². The molecule has 3 aliphatic rings. The summed E-state index contributed by atoms with van der Waals surface area (Å²) in [5.41, 5.74) is 5.81. The van der Waals surface area contributed by atoms with Gasteiger partial charge in [0.25, 0.3) is 5.91 Å². The number of aromatic amines is 1. The van der Waals surface area contributed by atoms with Crippen LogP contribution in [0, 0.1) is 0 Å². The van der Waals surface area contributed by atoms with E-state index in [1.807, 2.05) is 4.90 Å². The summed E-state index contributed by atoms with van der Waals surface area (Å²) in [7, 11) is 0. The Morgan fingerprint density at radius 3 is 2.96 bits per heavy atom. The Labute approximate surface area is 148 Å². The van der Waals surface area contributed by atoms with Crippen molar-refractivity contribution in [1.82, 2.24) is 15.1 Å². The smallest absolute Gasteiger partial charge is 0.274 e. The van der Waals surface area contributed by atoms with Crippen LogP contribution < -0.4 is 4.90 Å². The van der Waals surface area contributed by atoms with E-state index in [9.17, 15) is 4.79 Å². The van der Waals surface area contributed by atoms with Gasteiger partial charge in [0, 0.05) is 36.6 Å². The van der Waals surface area contributed by atoms with Crippen molar-refractivity contribution in [1.29, 1.82) is 0 Å². The van der Waals surface area contributed by atoms with Crippen molar-refractivity contribution in [3.05, 3.63) is 46.8 Å². The van der Waals surface area contributed by atoms with Gasteiger partial charge in [-0.2, -0.15) is 5.10 Å². The molecule has 1 aliphatic carbocycles. The molecule has 0 saturated carbocycles. The van der Waals surface area contributed by atoms with Gasteiger partial charge in [-0.25, -0.2) is 0 Å². The van der Waals surface area contributed by atoms with Crippen LogP contribution in [0.2, 0.25) is 0 Å². The van der Waals surface area contributed by atoms with Gasteiger partial charge in [-0.05, 0) is 50.2 Å². The van der Waals surface area contributed by atoms with Gasteiger partial charge >= 0.3 is 0 Å². The van der Waals surface area contributed by atoms with Crippen LogP contribution >= 0.6 is 0 Å². The third kappa shape index (κ3) is 2.44. The molecule has 1 aromatic heterocycles. The van der Waals surface area contributed by atoms with E-state index < -0.39 is 0 Å². The second-order valence-electron chi connectivity index (χ2n) is 7.52. The molecule has 5 rings (SSSR count). The molecule has 1 amide bonds. The van der Waals surface area contributed by atoms with Crippen molar-refractivity contribution in [2.45, 2.75) is 44.6 Å². The minimum Gasteiger partial charge on any atom is -0.366 e. The van der Waals surface area contributed by atoms with Crippen LogP contribution in [-0.2, 0) is 19.3 Å². The summed E-state index contributed by atoms with van der Waals surface area (Å²) in [6, 6.07) is 9.07. The minimum atomic E-state index is 0.122. The summed E-state index contributed by atoms with van der Waals surface area (Å²) in [5.74, 6) is 0.122. The summed E-state index contributed by atoms with van der Waals surface area (Å²) in [4.78, 5) is 17.7. The fraction of sp³-hybridized carbons (Fsp3) is 0.500. The van der Waals surface area contributed by atoms with E-state index in [0.29, 0.717) is 11.7 Å². The summed E-state index contributed by atoms with van der Waals surface area (Å²) in [5, 5.41) is 7.51. The summed E-state index contributed by atoms with van der Waals surface area (Å²) >= 11 is 0. The van der Waals surface area contributed by atoms with E-state index in [1.54, 1.807) is 0 Å². The number of fused-ring (bicyclic) bond motifs is 4. The molecule has 1 N–H and O–H groups in total. The molecule has 1 aromatic carbocycles. The molecule has 130 valence electrons. The number of benzene rings is 1. The van der Waals surface area contributed by atoms with Crippen LogP contribution in [0.15, 0.2) is 24.3 Å². The lowest BCUT2D eigenvalue weighted by atomic mass is 9.95. The maximum Gasteiger partial charge on any atom is 0.274 e. The Kier molecular flexibility index (Phi) is 3.54. The number of para-hydroxylation sites is 1. The summed E-state index contributed by atoms with van der Waals surface area (Å²) < 4.78 is 0. The number of rotatable bonds is 1. The molecule has 1 fully saturated rings. The molecular weight excluding hydrogens is 312 g/mol. The first-order valence-corrected chi connectivity index (χ1v) is 9.51. The monoisotopic (exact) mass is 336 g/mol. The standard InChI is InChI=1S/C20H24N4O/c25-20(19-16-7-2-3-8-17(16)21-22-19)23-10-5-11-24-15(13-23)12-14-6-1-4-9-18(14)24/h1,4,6,9,15H,2-3,5,7-8,10-13H2,(H,21,22). The number of amides is 1. The Balaban J connectivity index is 1.39. The number of aryl methyl sites for hydroxylation is 1. The van der Waals surface area contributed by atoms with Gasteiger partial charge in [0.1, 0.15) is 0 Å². The fourth-order valence-electron chi connectivity index (χ4n) is 4.76. The molecule has 0 radical (unpaired) electrons. The first kappa shape index (κ1) is 15.0. The zero-order valence-corrected chi connectivity index (χ0v) is 14.5. The highest BCUT2D eigenvalue weighted by Gasteiger charge is 2.35. The van der Waals surface area contributed by atoms with Gasteiger partial charge in [0.2, 0.25) is 0 Å². The van der Waals surface area contributed by atoms with Crippen LogP contribution in [0.1, 0.15) is 46.6 Å². The van der Waals surface area contributed by atoms with E-state index in [2.05, 4.69) is 39.4 Å². The predicted molar refractivity (Wildman–Crippen MR) is 97.0 cm³/mol. The van der Waals surface area contributed by atoms with Gasteiger partial charge in [-0.1, -0.05) is 18.2 Å². The van der Waals surface area contributed by atoms with E-state index in [4.69, 9.17) is 0 Å². The molecule has 1 atom stereocenters. The Morgan fingerprint density at radius 1 is 1.12 bits per heavy atom. The predicted octanol–water partition coefficient (Wildman–Crippen LogP) is 2.57. The molecule has 25 heavy (non-hydrogen) atoms. The maximum atomic E-state index is 13.2. The minimum absolute atomic E-state index is 0.122. The average Bonchev–Trinajstić information content (AvgIpc) is 3.16. The lowest BCUT2D eigenvalue weighted by Gasteiger charge is -2.27. The number of nitrogens with one attached hydrogen (secondary N) is 1. The third-order valence-corrected chi connectivity index (χ3v) is 6.00. The van der Waals surface area contributed by atoms with E-state index >= 15 is 0 Å². The summed E-state index contributed by atoms with van der Waals surface area (Å²) in [6.07, 6.45) is 6.44. The first-order valence-electron chi connectivity index (χ1n) is 9.51. The molecule has 1 unspecified atom stereocenters. The van der Waals surface area contributed by atoms with E-state index in [0.717, 1.165) is 45.3 Å². The number of anilines is 1. The second-order valence-corrected chi connectivity index (χ2v) is 7.52. The maximum absolute atomic E-state index is 13.2. The molecule has 0 spiro atoms. The number of carbonyl (C=O) groups excluding carboxylic acids is 1. The van der Waals surface area contributed by atoms with Crippen LogP contribution in [0.25, 0.3) is 0 Å². The number of nitrogens with zero attached hydrogens (tertiary/aromatic N) is 3. The van der Waals surface area contributed by atoms with Crippen molar-refractivity contribution in [3.63, 3.8) is 0 Å². The van der Waals surface area contributed by atoms with Crippen molar-refractivity contribution >= 4 is 11.6 Å². The largest absolute Gasteiger partial charge is 0.366 e. The highest BCUT2D eigenvalue weighted by Crippen LogP contribution is 2.34. The van der Waals surface area contributed by atoms with E-state index in [-0.39, 0.29) is 5.91 Å². The molecule has 5 nitrogen and oxygen atoms in total. The molecule has 2 aromatic rings. The SMILES string of the molecule is O=C(c1n[nH]c2c1CCCC2)N1CCCN2c3ccccc3CC2C1.